The van der Waals surface area contributed by atoms with Crippen LogP contribution in [0.25, 0.3) is 11.2 Å². The molecule has 11 nitrogen and oxygen atoms in total. The van der Waals surface area contributed by atoms with Crippen molar-refractivity contribution in [3.05, 3.63) is 6.33 Å². The predicted octanol–water partition coefficient (Wildman–Crippen LogP) is -2.58. The molecule has 0 bridgehead atoms. The minimum atomic E-state index is -3.71. The second-order valence-electron chi connectivity index (χ2n) is 5.22. The molecule has 0 saturated carbocycles. The van der Waals surface area contributed by atoms with E-state index < -0.39 is 46.1 Å². The van der Waals surface area contributed by atoms with Crippen LogP contribution in [0.15, 0.2) is 11.5 Å². The number of aliphatic hydroxyl groups is 3. The van der Waals surface area contributed by atoms with Crippen molar-refractivity contribution >= 4 is 26.8 Å². The molecule has 4 atom stereocenters. The smallest absolute Gasteiger partial charge is 0.250 e. The van der Waals surface area contributed by atoms with E-state index in [2.05, 4.69) is 15.0 Å². The zero-order chi connectivity index (χ0) is 16.9. The maximum Gasteiger partial charge on any atom is 0.250 e. The summed E-state index contributed by atoms with van der Waals surface area (Å²) in [5, 5.41) is 28.5. The third kappa shape index (κ3) is 2.53. The second-order valence-corrected chi connectivity index (χ2v) is 7.13. The van der Waals surface area contributed by atoms with Gasteiger partial charge in [-0.3, -0.25) is 4.57 Å². The van der Waals surface area contributed by atoms with Crippen molar-refractivity contribution in [2.24, 2.45) is 0 Å². The molecule has 12 heteroatoms. The molecule has 1 saturated heterocycles. The highest BCUT2D eigenvalue weighted by Crippen LogP contribution is 2.32. The topological polar surface area (TPSA) is 174 Å². The van der Waals surface area contributed by atoms with E-state index in [0.29, 0.717) is 0 Å². The van der Waals surface area contributed by atoms with Gasteiger partial charge in [0.2, 0.25) is 9.84 Å². The van der Waals surface area contributed by atoms with Gasteiger partial charge in [0, 0.05) is 6.26 Å². The van der Waals surface area contributed by atoms with E-state index in [1.165, 1.54) is 10.9 Å². The molecular weight excluding hydrogens is 330 g/mol. The highest BCUT2D eigenvalue weighted by Gasteiger charge is 2.44. The van der Waals surface area contributed by atoms with Gasteiger partial charge in [0.15, 0.2) is 17.7 Å². The lowest BCUT2D eigenvalue weighted by Crippen LogP contribution is -2.33. The molecule has 3 rings (SSSR count). The number of ether oxygens (including phenoxy) is 1. The van der Waals surface area contributed by atoms with Crippen molar-refractivity contribution in [2.45, 2.75) is 29.7 Å². The summed E-state index contributed by atoms with van der Waals surface area (Å²) in [6, 6.07) is 0. The second kappa shape index (κ2) is 5.35. The summed E-state index contributed by atoms with van der Waals surface area (Å²) in [6.07, 6.45) is -2.59. The van der Waals surface area contributed by atoms with E-state index in [9.17, 15) is 18.6 Å². The molecule has 0 amide bonds. The van der Waals surface area contributed by atoms with Crippen LogP contribution in [0.1, 0.15) is 6.23 Å². The molecule has 1 aliphatic rings. The van der Waals surface area contributed by atoms with Crippen LogP contribution >= 0.6 is 0 Å². The molecule has 2 aromatic heterocycles. The molecule has 0 unspecified atom stereocenters. The third-order valence-corrected chi connectivity index (χ3v) is 4.40. The number of sulfone groups is 1. The van der Waals surface area contributed by atoms with Gasteiger partial charge in [0.05, 0.1) is 12.9 Å². The van der Waals surface area contributed by atoms with Gasteiger partial charge in [0.1, 0.15) is 23.8 Å². The van der Waals surface area contributed by atoms with Crippen LogP contribution in [0, 0.1) is 0 Å². The fraction of sp³-hybridized carbons (Fsp3) is 0.545. The maximum atomic E-state index is 11.6. The van der Waals surface area contributed by atoms with Gasteiger partial charge in [-0.05, 0) is 0 Å². The standard InChI is InChI=1S/C11H15N5O6S/c1-23(20,21)11-14-8(12)5-9(15-11)16(3-13-5)10-7(19)6(18)4(2-17)22-10/h3-4,6-7,10,17-19H,2H2,1H3,(H2,12,14,15)/t4-,6-,7-,10-/m1/s1. The predicted molar refractivity (Wildman–Crippen MR) is 75.9 cm³/mol. The lowest BCUT2D eigenvalue weighted by atomic mass is 10.1. The zero-order valence-electron chi connectivity index (χ0n) is 11.9. The number of nitrogens with two attached hydrogens (primary N) is 1. The largest absolute Gasteiger partial charge is 0.394 e. The van der Waals surface area contributed by atoms with E-state index >= 15 is 0 Å². The fourth-order valence-electron chi connectivity index (χ4n) is 2.38. The summed E-state index contributed by atoms with van der Waals surface area (Å²) in [7, 11) is -3.71. The Labute approximate surface area is 130 Å². The first-order valence-corrected chi connectivity index (χ1v) is 8.45. The van der Waals surface area contributed by atoms with Crippen molar-refractivity contribution in [1.29, 1.82) is 0 Å². The number of anilines is 1. The molecular formula is C11H15N5O6S. The lowest BCUT2D eigenvalue weighted by molar-refractivity contribution is -0.0511. The Morgan fingerprint density at radius 3 is 2.61 bits per heavy atom. The minimum Gasteiger partial charge on any atom is -0.394 e. The average Bonchev–Trinajstić information content (AvgIpc) is 3.01. The average molecular weight is 345 g/mol. The van der Waals surface area contributed by atoms with Gasteiger partial charge in [-0.2, -0.15) is 9.97 Å². The summed E-state index contributed by atoms with van der Waals surface area (Å²) >= 11 is 0. The van der Waals surface area contributed by atoms with Gasteiger partial charge < -0.3 is 25.8 Å². The van der Waals surface area contributed by atoms with E-state index in [-0.39, 0.29) is 17.0 Å². The number of aromatic nitrogens is 4. The van der Waals surface area contributed by atoms with Crippen LogP contribution in [-0.2, 0) is 14.6 Å². The number of nitrogen functional groups attached to an aromatic ring is 1. The highest BCUT2D eigenvalue weighted by atomic mass is 32.2. The van der Waals surface area contributed by atoms with Crippen LogP contribution in [0.4, 0.5) is 5.82 Å². The number of hydrogen-bond donors (Lipinski definition) is 4. The molecule has 23 heavy (non-hydrogen) atoms. The van der Waals surface area contributed by atoms with Crippen molar-refractivity contribution in [3.63, 3.8) is 0 Å². The Hall–Kier alpha value is -1.86. The SMILES string of the molecule is CS(=O)(=O)c1nc(N)c2ncn([C@@H]3O[C@H](CO)[C@@H](O)[C@H]3O)c2n1. The Kier molecular flexibility index (Phi) is 3.72. The first-order chi connectivity index (χ1) is 10.7. The Morgan fingerprint density at radius 2 is 2.04 bits per heavy atom. The zero-order valence-corrected chi connectivity index (χ0v) is 12.8. The first-order valence-electron chi connectivity index (χ1n) is 6.56. The highest BCUT2D eigenvalue weighted by molar-refractivity contribution is 7.90. The molecule has 5 N–H and O–H groups in total. The van der Waals surface area contributed by atoms with Crippen LogP contribution in [0.5, 0.6) is 0 Å². The van der Waals surface area contributed by atoms with Gasteiger partial charge >= 0.3 is 0 Å². The number of fused-ring (bicyclic) bond motifs is 1. The van der Waals surface area contributed by atoms with E-state index in [1.807, 2.05) is 0 Å². The summed E-state index contributed by atoms with van der Waals surface area (Å²) in [5.74, 6) is -0.138. The molecule has 2 aromatic rings. The fourth-order valence-corrected chi connectivity index (χ4v) is 2.90. The van der Waals surface area contributed by atoms with Crippen LogP contribution in [0.2, 0.25) is 0 Å². The number of imidazole rings is 1. The molecule has 0 aliphatic carbocycles. The quantitative estimate of drug-likeness (QED) is 0.433. The van der Waals surface area contributed by atoms with Crippen molar-refractivity contribution in [1.82, 2.24) is 19.5 Å². The summed E-state index contributed by atoms with van der Waals surface area (Å²) in [4.78, 5) is 11.6. The summed E-state index contributed by atoms with van der Waals surface area (Å²) in [5.41, 5.74) is 5.87. The normalized spacial score (nSPS) is 28.5. The van der Waals surface area contributed by atoms with Gasteiger partial charge in [-0.25, -0.2) is 13.4 Å². The van der Waals surface area contributed by atoms with Crippen molar-refractivity contribution in [2.75, 3.05) is 18.6 Å². The molecule has 1 fully saturated rings. The third-order valence-electron chi connectivity index (χ3n) is 3.55. The van der Waals surface area contributed by atoms with Crippen LogP contribution in [0.3, 0.4) is 0 Å². The molecule has 0 aromatic carbocycles. The van der Waals surface area contributed by atoms with Crippen molar-refractivity contribution < 1.29 is 28.5 Å². The van der Waals surface area contributed by atoms with Gasteiger partial charge in [0.25, 0.3) is 5.16 Å². The molecule has 0 spiro atoms. The monoisotopic (exact) mass is 345 g/mol. The minimum absolute atomic E-state index is 0.0350. The van der Waals surface area contributed by atoms with E-state index in [1.54, 1.807) is 0 Å². The number of rotatable bonds is 3. The van der Waals surface area contributed by atoms with Gasteiger partial charge in [-0.1, -0.05) is 0 Å². The summed E-state index contributed by atoms with van der Waals surface area (Å²) in [6.45, 7) is -0.493. The molecule has 0 radical (unpaired) electrons. The summed E-state index contributed by atoms with van der Waals surface area (Å²) < 4.78 is 29.9. The van der Waals surface area contributed by atoms with Crippen molar-refractivity contribution in [3.8, 4) is 0 Å². The number of nitrogens with zero attached hydrogens (tertiary/aromatic N) is 4. The lowest BCUT2D eigenvalue weighted by Gasteiger charge is -2.16. The van der Waals surface area contributed by atoms with E-state index in [0.717, 1.165) is 6.26 Å². The first kappa shape index (κ1) is 16.0. The number of aliphatic hydroxyl groups excluding tert-OH is 3. The Bertz CT molecular complexity index is 852. The maximum absolute atomic E-state index is 11.6. The Balaban J connectivity index is 2.14. The molecule has 1 aliphatic heterocycles. The van der Waals surface area contributed by atoms with E-state index in [4.69, 9.17) is 15.6 Å². The molecule has 126 valence electrons. The number of hydrogen-bond acceptors (Lipinski definition) is 10. The van der Waals surface area contributed by atoms with Crippen LogP contribution in [-0.4, -0.2) is 74.4 Å². The molecule has 3 heterocycles. The van der Waals surface area contributed by atoms with Gasteiger partial charge in [-0.15, -0.1) is 0 Å². The Morgan fingerprint density at radius 1 is 1.35 bits per heavy atom. The van der Waals surface area contributed by atoms with Crippen LogP contribution < -0.4 is 5.73 Å².